The number of ether oxygens (including phenoxy) is 2. The van der Waals surface area contributed by atoms with Gasteiger partial charge in [-0.05, 0) is 44.9 Å². The van der Waals surface area contributed by atoms with Crippen LogP contribution in [-0.2, 0) is 21.3 Å². The summed E-state index contributed by atoms with van der Waals surface area (Å²) in [5.41, 5.74) is 1.76. The molecular weight excluding hydrogens is 388 g/mol. The third kappa shape index (κ3) is 4.06. The number of hydrogen-bond acceptors (Lipinski definition) is 5. The lowest BCUT2D eigenvalue weighted by Crippen LogP contribution is -2.38. The van der Waals surface area contributed by atoms with Gasteiger partial charge in [-0.3, -0.25) is 9.48 Å². The smallest absolute Gasteiger partial charge is 0.370 e. The first-order valence-corrected chi connectivity index (χ1v) is 10.1. The molecule has 1 aliphatic rings. The lowest BCUT2D eigenvalue weighted by molar-refractivity contribution is -0.173. The fourth-order valence-corrected chi connectivity index (χ4v) is 4.06. The highest BCUT2D eigenvalue weighted by Gasteiger charge is 2.40. The first-order valence-electron chi connectivity index (χ1n) is 10.1. The molecule has 0 aliphatic carbocycles. The zero-order valence-corrected chi connectivity index (χ0v) is 17.4. The Balaban J connectivity index is 2.18. The molecule has 1 aliphatic heterocycles. The molecule has 0 bridgehead atoms. The van der Waals surface area contributed by atoms with Crippen molar-refractivity contribution in [1.29, 1.82) is 0 Å². The third-order valence-electron chi connectivity index (χ3n) is 5.55. The summed E-state index contributed by atoms with van der Waals surface area (Å²) in [5.74, 6) is -2.26. The minimum Gasteiger partial charge on any atom is -0.475 e. The molecule has 1 aromatic heterocycles. The van der Waals surface area contributed by atoms with Gasteiger partial charge in [-0.2, -0.15) is 0 Å². The van der Waals surface area contributed by atoms with Crippen molar-refractivity contribution in [3.63, 3.8) is 0 Å². The number of aliphatic carboxylic acids is 1. The van der Waals surface area contributed by atoms with Crippen LogP contribution in [0.15, 0.2) is 47.0 Å². The average Bonchev–Trinajstić information content (AvgIpc) is 2.95. The van der Waals surface area contributed by atoms with E-state index in [1.54, 1.807) is 23.3 Å². The second-order valence-corrected chi connectivity index (χ2v) is 7.31. The maximum Gasteiger partial charge on any atom is 0.370 e. The van der Waals surface area contributed by atoms with Gasteiger partial charge >= 0.3 is 5.97 Å². The van der Waals surface area contributed by atoms with Crippen molar-refractivity contribution in [1.82, 2.24) is 9.36 Å². The normalized spacial score (nSPS) is 21.2. The summed E-state index contributed by atoms with van der Waals surface area (Å²) >= 11 is 0. The number of benzene rings is 1. The number of carboxylic acid groups (broad SMARTS) is 1. The molecule has 0 spiro atoms. The first kappa shape index (κ1) is 21.9. The molecule has 3 rings (SSSR count). The summed E-state index contributed by atoms with van der Waals surface area (Å²) in [6.07, 6.45) is 1.70. The predicted octanol–water partition coefficient (Wildman–Crippen LogP) is 2.32. The van der Waals surface area contributed by atoms with Crippen molar-refractivity contribution in [3.8, 4) is 5.69 Å². The van der Waals surface area contributed by atoms with E-state index >= 15 is 0 Å². The van der Waals surface area contributed by atoms with Crippen molar-refractivity contribution in [2.45, 2.75) is 38.9 Å². The minimum absolute atomic E-state index is 0.0143. The Kier molecular flexibility index (Phi) is 6.79. The summed E-state index contributed by atoms with van der Waals surface area (Å²) in [6, 6.07) is 9.29. The number of aliphatic hydroxyl groups excluding tert-OH is 1. The van der Waals surface area contributed by atoms with Crippen LogP contribution >= 0.6 is 0 Å². The molecule has 3 atom stereocenters. The van der Waals surface area contributed by atoms with E-state index in [1.165, 1.54) is 6.08 Å². The van der Waals surface area contributed by atoms with Crippen LogP contribution in [0, 0.1) is 12.8 Å². The lowest BCUT2D eigenvalue weighted by Gasteiger charge is -2.36. The summed E-state index contributed by atoms with van der Waals surface area (Å²) in [7, 11) is 1.80. The van der Waals surface area contributed by atoms with E-state index in [0.717, 1.165) is 11.4 Å². The standard InChI is InChI=1S/C22H28N2O6/c1-4-29-22-16(11-8-12-25)17(13-18(30-22)21(27)28)19-14(2)23(3)24(20(19)26)15-9-6-5-7-10-15/h5-7,9-10,13,16-17,22,25H,4,8,11-12H2,1-3H3,(H,27,28). The van der Waals surface area contributed by atoms with E-state index in [9.17, 15) is 19.8 Å². The van der Waals surface area contributed by atoms with E-state index in [2.05, 4.69) is 0 Å². The summed E-state index contributed by atoms with van der Waals surface area (Å²) in [5, 5.41) is 18.9. The Morgan fingerprint density at radius 2 is 1.97 bits per heavy atom. The Bertz CT molecular complexity index is 976. The van der Waals surface area contributed by atoms with E-state index in [0.29, 0.717) is 25.0 Å². The number of hydrogen-bond donors (Lipinski definition) is 2. The van der Waals surface area contributed by atoms with Crippen LogP contribution in [0.3, 0.4) is 0 Å². The highest BCUT2D eigenvalue weighted by Crippen LogP contribution is 2.39. The van der Waals surface area contributed by atoms with E-state index in [4.69, 9.17) is 9.47 Å². The maximum atomic E-state index is 13.5. The van der Waals surface area contributed by atoms with Crippen LogP contribution in [0.1, 0.15) is 36.9 Å². The first-order chi connectivity index (χ1) is 14.4. The van der Waals surface area contributed by atoms with Crippen LogP contribution in [0.2, 0.25) is 0 Å². The number of para-hydroxylation sites is 1. The van der Waals surface area contributed by atoms with Gasteiger partial charge in [-0.1, -0.05) is 18.2 Å². The summed E-state index contributed by atoms with van der Waals surface area (Å²) < 4.78 is 14.6. The van der Waals surface area contributed by atoms with Gasteiger partial charge in [-0.15, -0.1) is 0 Å². The van der Waals surface area contributed by atoms with Crippen molar-refractivity contribution >= 4 is 5.97 Å². The van der Waals surface area contributed by atoms with Crippen LogP contribution in [0.25, 0.3) is 5.69 Å². The van der Waals surface area contributed by atoms with Crippen LogP contribution in [-0.4, -0.2) is 45.0 Å². The molecule has 30 heavy (non-hydrogen) atoms. The van der Waals surface area contributed by atoms with Gasteiger partial charge in [0, 0.05) is 43.4 Å². The fraction of sp³-hybridized carbons (Fsp3) is 0.455. The minimum atomic E-state index is -1.21. The van der Waals surface area contributed by atoms with Crippen LogP contribution < -0.4 is 5.56 Å². The Morgan fingerprint density at radius 3 is 2.57 bits per heavy atom. The maximum absolute atomic E-state index is 13.5. The molecule has 2 aromatic rings. The number of aromatic nitrogens is 2. The number of nitrogens with zero attached hydrogens (tertiary/aromatic N) is 2. The van der Waals surface area contributed by atoms with E-state index in [1.807, 2.05) is 37.3 Å². The number of rotatable bonds is 8. The van der Waals surface area contributed by atoms with Gasteiger partial charge in [0.25, 0.3) is 5.56 Å². The number of aliphatic hydroxyl groups is 1. The van der Waals surface area contributed by atoms with Crippen molar-refractivity contribution in [2.75, 3.05) is 13.2 Å². The molecule has 162 valence electrons. The Hall–Kier alpha value is -2.84. The predicted molar refractivity (Wildman–Crippen MR) is 111 cm³/mol. The number of carboxylic acids is 1. The fourth-order valence-electron chi connectivity index (χ4n) is 4.06. The summed E-state index contributed by atoms with van der Waals surface area (Å²) in [6.45, 7) is 3.97. The molecule has 2 N–H and O–H groups in total. The van der Waals surface area contributed by atoms with Crippen molar-refractivity contribution in [2.24, 2.45) is 13.0 Å². The zero-order valence-electron chi connectivity index (χ0n) is 17.4. The molecule has 0 saturated heterocycles. The van der Waals surface area contributed by atoms with Gasteiger partial charge in [0.1, 0.15) is 0 Å². The van der Waals surface area contributed by atoms with Gasteiger partial charge < -0.3 is 19.7 Å². The van der Waals surface area contributed by atoms with Gasteiger partial charge in [0.05, 0.1) is 5.69 Å². The third-order valence-corrected chi connectivity index (χ3v) is 5.55. The second-order valence-electron chi connectivity index (χ2n) is 7.31. The molecule has 3 unspecified atom stereocenters. The zero-order chi connectivity index (χ0) is 21.8. The molecule has 0 saturated carbocycles. The van der Waals surface area contributed by atoms with Crippen LogP contribution in [0.5, 0.6) is 0 Å². The molecule has 8 nitrogen and oxygen atoms in total. The molecule has 0 amide bonds. The van der Waals surface area contributed by atoms with Gasteiger partial charge in [-0.25, -0.2) is 9.48 Å². The highest BCUT2D eigenvalue weighted by molar-refractivity contribution is 5.84. The average molecular weight is 416 g/mol. The van der Waals surface area contributed by atoms with E-state index < -0.39 is 18.2 Å². The number of carbonyl (C=O) groups is 1. The lowest BCUT2D eigenvalue weighted by atomic mass is 9.80. The van der Waals surface area contributed by atoms with Crippen LogP contribution in [0.4, 0.5) is 0 Å². The molecule has 0 fully saturated rings. The Morgan fingerprint density at radius 1 is 1.27 bits per heavy atom. The highest BCUT2D eigenvalue weighted by atomic mass is 16.7. The van der Waals surface area contributed by atoms with Crippen molar-refractivity contribution < 1.29 is 24.5 Å². The monoisotopic (exact) mass is 416 g/mol. The van der Waals surface area contributed by atoms with E-state index in [-0.39, 0.29) is 23.8 Å². The van der Waals surface area contributed by atoms with Crippen molar-refractivity contribution in [3.05, 3.63) is 63.8 Å². The SMILES string of the molecule is CCOC1OC(C(=O)O)=CC(c2c(C)n(C)n(-c3ccccc3)c2=O)C1CCCO. The Labute approximate surface area is 174 Å². The molecule has 8 heteroatoms. The van der Waals surface area contributed by atoms with Gasteiger partial charge in [0.15, 0.2) is 0 Å². The second kappa shape index (κ2) is 9.32. The molecule has 2 heterocycles. The number of allylic oxidation sites excluding steroid dienone is 1. The molecule has 1 aromatic carbocycles. The summed E-state index contributed by atoms with van der Waals surface area (Å²) in [4.78, 5) is 25.2. The topological polar surface area (TPSA) is 103 Å². The molecule has 0 radical (unpaired) electrons. The quantitative estimate of drug-likeness (QED) is 0.685. The largest absolute Gasteiger partial charge is 0.475 e. The molecular formula is C22H28N2O6. The van der Waals surface area contributed by atoms with Gasteiger partial charge in [0.2, 0.25) is 12.0 Å².